The maximum atomic E-state index is 13.0. The van der Waals surface area contributed by atoms with Crippen LogP contribution in [0, 0.1) is 6.92 Å². The van der Waals surface area contributed by atoms with E-state index in [1.165, 1.54) is 0 Å². The van der Waals surface area contributed by atoms with E-state index in [-0.39, 0.29) is 18.4 Å². The van der Waals surface area contributed by atoms with Gasteiger partial charge in [-0.05, 0) is 36.6 Å². The van der Waals surface area contributed by atoms with Crippen molar-refractivity contribution < 1.29 is 19.1 Å². The molecule has 0 radical (unpaired) electrons. The number of ether oxygens (including phenoxy) is 2. The quantitative estimate of drug-likeness (QED) is 0.801. The lowest BCUT2D eigenvalue weighted by molar-refractivity contribution is -0.142. The van der Waals surface area contributed by atoms with E-state index in [2.05, 4.69) is 12.2 Å². The lowest BCUT2D eigenvalue weighted by atomic mass is 10.1. The van der Waals surface area contributed by atoms with Crippen LogP contribution in [0.3, 0.4) is 0 Å². The van der Waals surface area contributed by atoms with Crippen molar-refractivity contribution in [2.24, 2.45) is 0 Å². The van der Waals surface area contributed by atoms with Gasteiger partial charge in [-0.1, -0.05) is 37.3 Å². The monoisotopic (exact) mass is 423 g/mol. The molecule has 0 aromatic heterocycles. The lowest BCUT2D eigenvalue weighted by Gasteiger charge is -2.38. The molecule has 7 heteroatoms. The summed E-state index contributed by atoms with van der Waals surface area (Å²) in [5.41, 5.74) is 3.84. The van der Waals surface area contributed by atoms with Crippen LogP contribution in [0.5, 0.6) is 5.75 Å². The summed E-state index contributed by atoms with van der Waals surface area (Å²) in [6.07, 6.45) is 0.193. The van der Waals surface area contributed by atoms with Gasteiger partial charge in [0.2, 0.25) is 5.91 Å². The Morgan fingerprint density at radius 2 is 1.87 bits per heavy atom. The Labute approximate surface area is 182 Å². The fraction of sp³-hybridized carbons (Fsp3) is 0.417. The van der Waals surface area contributed by atoms with Crippen LogP contribution >= 0.6 is 0 Å². The van der Waals surface area contributed by atoms with E-state index in [1.807, 2.05) is 54.3 Å². The van der Waals surface area contributed by atoms with Crippen LogP contribution in [-0.2, 0) is 20.7 Å². The predicted octanol–water partition coefficient (Wildman–Crippen LogP) is 2.62. The Balaban J connectivity index is 1.51. The molecule has 1 fully saturated rings. The average molecular weight is 424 g/mol. The zero-order valence-corrected chi connectivity index (χ0v) is 18.1. The van der Waals surface area contributed by atoms with Crippen molar-refractivity contribution in [3.05, 3.63) is 53.6 Å². The maximum absolute atomic E-state index is 13.0. The smallest absolute Gasteiger partial charge is 0.265 e. The van der Waals surface area contributed by atoms with E-state index in [0.29, 0.717) is 38.6 Å². The minimum absolute atomic E-state index is 0.0598. The second-order valence-corrected chi connectivity index (χ2v) is 7.90. The Morgan fingerprint density at radius 3 is 2.65 bits per heavy atom. The van der Waals surface area contributed by atoms with Gasteiger partial charge in [0.05, 0.1) is 32.0 Å². The van der Waals surface area contributed by atoms with Gasteiger partial charge in [0, 0.05) is 18.8 Å². The summed E-state index contributed by atoms with van der Waals surface area (Å²) in [5.74, 6) is 0.451. The summed E-state index contributed by atoms with van der Waals surface area (Å²) in [4.78, 5) is 29.7. The third kappa shape index (κ3) is 4.66. The van der Waals surface area contributed by atoms with E-state index in [9.17, 15) is 9.59 Å². The molecule has 0 bridgehead atoms. The normalized spacial score (nSPS) is 18.2. The molecule has 0 spiro atoms. The topological polar surface area (TPSA) is 71.1 Å². The minimum atomic E-state index is -0.648. The number of aryl methyl sites for hydroxylation is 2. The molecular weight excluding hydrogens is 394 g/mol. The van der Waals surface area contributed by atoms with Crippen LogP contribution in [0.2, 0.25) is 0 Å². The number of anilines is 2. The number of morpholine rings is 1. The van der Waals surface area contributed by atoms with E-state index < -0.39 is 6.10 Å². The molecule has 0 saturated carbocycles. The number of hydrogen-bond acceptors (Lipinski definition) is 5. The SMILES string of the molecule is CCc1cccc(C)c1NC(=O)CN1CC(C(=O)N2CCOCC2)Oc2ccccc21. The number of nitrogens with one attached hydrogen (secondary N) is 1. The van der Waals surface area contributed by atoms with Gasteiger partial charge in [-0.15, -0.1) is 0 Å². The molecule has 1 N–H and O–H groups in total. The molecule has 2 aliphatic rings. The zero-order chi connectivity index (χ0) is 21.8. The van der Waals surface area contributed by atoms with Gasteiger partial charge in [0.15, 0.2) is 6.10 Å². The maximum Gasteiger partial charge on any atom is 0.265 e. The van der Waals surface area contributed by atoms with Crippen LogP contribution in [0.25, 0.3) is 0 Å². The third-order valence-corrected chi connectivity index (χ3v) is 5.80. The number of hydrogen-bond donors (Lipinski definition) is 1. The molecule has 164 valence electrons. The molecule has 0 aliphatic carbocycles. The Hall–Kier alpha value is -3.06. The molecule has 2 amide bonds. The summed E-state index contributed by atoms with van der Waals surface area (Å²) < 4.78 is 11.4. The number of para-hydroxylation sites is 3. The second-order valence-electron chi connectivity index (χ2n) is 7.90. The third-order valence-electron chi connectivity index (χ3n) is 5.80. The molecule has 7 nitrogen and oxygen atoms in total. The van der Waals surface area contributed by atoms with Gasteiger partial charge in [-0.3, -0.25) is 9.59 Å². The molecular formula is C24H29N3O4. The zero-order valence-electron chi connectivity index (χ0n) is 18.1. The number of carbonyl (C=O) groups is 2. The largest absolute Gasteiger partial charge is 0.477 e. The summed E-state index contributed by atoms with van der Waals surface area (Å²) in [6.45, 7) is 6.75. The van der Waals surface area contributed by atoms with E-state index in [4.69, 9.17) is 9.47 Å². The van der Waals surface area contributed by atoms with Crippen molar-refractivity contribution >= 4 is 23.2 Å². The molecule has 1 saturated heterocycles. The van der Waals surface area contributed by atoms with Gasteiger partial charge in [0.25, 0.3) is 5.91 Å². The number of amides is 2. The van der Waals surface area contributed by atoms with Crippen molar-refractivity contribution in [2.75, 3.05) is 49.6 Å². The number of nitrogens with zero attached hydrogens (tertiary/aromatic N) is 2. The van der Waals surface area contributed by atoms with E-state index in [1.54, 1.807) is 4.90 Å². The molecule has 4 rings (SSSR count). The van der Waals surface area contributed by atoms with E-state index in [0.717, 1.165) is 28.9 Å². The summed E-state index contributed by atoms with van der Waals surface area (Å²) in [5, 5.41) is 3.08. The van der Waals surface area contributed by atoms with Crippen molar-refractivity contribution in [3.63, 3.8) is 0 Å². The number of carbonyl (C=O) groups excluding carboxylic acids is 2. The Kier molecular flexibility index (Phi) is 6.42. The fourth-order valence-corrected chi connectivity index (χ4v) is 4.13. The Morgan fingerprint density at radius 1 is 1.10 bits per heavy atom. The van der Waals surface area contributed by atoms with Crippen molar-refractivity contribution in [1.29, 1.82) is 0 Å². The highest BCUT2D eigenvalue weighted by Gasteiger charge is 2.34. The predicted molar refractivity (Wildman–Crippen MR) is 120 cm³/mol. The van der Waals surface area contributed by atoms with Crippen LogP contribution in [0.15, 0.2) is 42.5 Å². The number of rotatable bonds is 5. The summed E-state index contributed by atoms with van der Waals surface area (Å²) >= 11 is 0. The van der Waals surface area contributed by atoms with Gasteiger partial charge in [0.1, 0.15) is 5.75 Å². The van der Waals surface area contributed by atoms with Crippen LogP contribution in [0.1, 0.15) is 18.1 Å². The molecule has 2 aromatic carbocycles. The number of fused-ring (bicyclic) bond motifs is 1. The molecule has 1 unspecified atom stereocenters. The highest BCUT2D eigenvalue weighted by molar-refractivity contribution is 5.96. The summed E-state index contributed by atoms with van der Waals surface area (Å²) in [6, 6.07) is 13.6. The van der Waals surface area contributed by atoms with Crippen molar-refractivity contribution in [2.45, 2.75) is 26.4 Å². The van der Waals surface area contributed by atoms with Gasteiger partial charge < -0.3 is 24.6 Å². The highest BCUT2D eigenvalue weighted by atomic mass is 16.5. The first kappa shape index (κ1) is 21.2. The fourth-order valence-electron chi connectivity index (χ4n) is 4.13. The standard InChI is InChI=1S/C24H29N3O4/c1-3-18-8-6-7-17(2)23(18)25-22(28)16-27-15-21(24(29)26-11-13-30-14-12-26)31-20-10-5-4-9-19(20)27/h4-10,21H,3,11-16H2,1-2H3,(H,25,28). The molecule has 2 heterocycles. The first-order chi connectivity index (χ1) is 15.1. The highest BCUT2D eigenvalue weighted by Crippen LogP contribution is 2.33. The Bertz CT molecular complexity index is 956. The molecule has 2 aromatic rings. The summed E-state index contributed by atoms with van der Waals surface area (Å²) in [7, 11) is 0. The molecule has 2 aliphatic heterocycles. The van der Waals surface area contributed by atoms with Crippen LogP contribution in [0.4, 0.5) is 11.4 Å². The van der Waals surface area contributed by atoms with Gasteiger partial charge in [-0.2, -0.15) is 0 Å². The first-order valence-corrected chi connectivity index (χ1v) is 10.8. The van der Waals surface area contributed by atoms with Crippen molar-refractivity contribution in [1.82, 2.24) is 4.90 Å². The van der Waals surface area contributed by atoms with Crippen LogP contribution < -0.4 is 15.0 Å². The van der Waals surface area contributed by atoms with Gasteiger partial charge >= 0.3 is 0 Å². The molecule has 1 atom stereocenters. The minimum Gasteiger partial charge on any atom is -0.477 e. The van der Waals surface area contributed by atoms with Crippen molar-refractivity contribution in [3.8, 4) is 5.75 Å². The number of benzene rings is 2. The first-order valence-electron chi connectivity index (χ1n) is 10.8. The lowest BCUT2D eigenvalue weighted by Crippen LogP contribution is -2.53. The van der Waals surface area contributed by atoms with Crippen LogP contribution in [-0.4, -0.2) is 62.2 Å². The average Bonchev–Trinajstić information content (AvgIpc) is 2.80. The second kappa shape index (κ2) is 9.39. The van der Waals surface area contributed by atoms with Gasteiger partial charge in [-0.25, -0.2) is 0 Å². The van der Waals surface area contributed by atoms with E-state index >= 15 is 0 Å². The molecule has 31 heavy (non-hydrogen) atoms.